The number of allylic oxidation sites excluding steroid dienone is 6. The fraction of sp³-hybridized carbons (Fsp3) is 0.391. The molecule has 33 heavy (non-hydrogen) atoms. The Kier molecular flexibility index (Phi) is 10.6. The molecule has 1 aromatic rings. The van der Waals surface area contributed by atoms with Crippen LogP contribution < -0.4 is 21.2 Å². The number of halogens is 2. The van der Waals surface area contributed by atoms with E-state index in [9.17, 15) is 25.3 Å². The molecule has 0 bridgehead atoms. The predicted octanol–water partition coefficient (Wildman–Crippen LogP) is 1.79. The number of hydrogen-bond acceptors (Lipinski definition) is 6. The molecule has 0 saturated carbocycles. The molecule has 1 aliphatic carbocycles. The Balaban J connectivity index is 2.81. The topological polar surface area (TPSA) is 116 Å². The number of nitro benzene ring substituents is 1. The number of aliphatic hydroxyl groups is 1. The number of hydrogen-bond donors (Lipinski definition) is 1. The summed E-state index contributed by atoms with van der Waals surface area (Å²) in [6, 6.07) is 4.80. The third-order valence-corrected chi connectivity index (χ3v) is 8.45. The zero-order valence-corrected chi connectivity index (χ0v) is 23.0. The number of non-ortho nitro benzene ring substituents is 1. The van der Waals surface area contributed by atoms with Gasteiger partial charge in [-0.25, -0.2) is 0 Å². The molecule has 1 N–H and O–H groups in total. The molecule has 0 heterocycles. The second-order valence-corrected chi connectivity index (χ2v) is 11.2. The van der Waals surface area contributed by atoms with E-state index in [2.05, 4.69) is 28.7 Å². The van der Waals surface area contributed by atoms with Gasteiger partial charge >= 0.3 is 218 Å². The van der Waals surface area contributed by atoms with E-state index in [0.29, 0.717) is 10.8 Å². The van der Waals surface area contributed by atoms with Crippen LogP contribution in [0.2, 0.25) is 0 Å². The molecule has 2 unspecified atom stereocenters. The zero-order valence-electron chi connectivity index (χ0n) is 18.7. The van der Waals surface area contributed by atoms with E-state index < -0.39 is 36.5 Å². The molecule has 10 heteroatoms. The molecular formula is C23H27I2N2O6-. The van der Waals surface area contributed by atoms with Gasteiger partial charge in [0.1, 0.15) is 0 Å². The van der Waals surface area contributed by atoms with Crippen LogP contribution in [0.25, 0.3) is 5.57 Å². The second-order valence-electron chi connectivity index (χ2n) is 7.29. The van der Waals surface area contributed by atoms with E-state index in [-0.39, 0.29) is 21.0 Å². The van der Waals surface area contributed by atoms with Gasteiger partial charge in [0.15, 0.2) is 0 Å². The molecule has 0 saturated heterocycles. The summed E-state index contributed by atoms with van der Waals surface area (Å²) in [4.78, 5) is 21.7. The van der Waals surface area contributed by atoms with Crippen LogP contribution in [-0.4, -0.2) is 41.8 Å². The summed E-state index contributed by atoms with van der Waals surface area (Å²) >= 11 is 1.70. The number of alkyl halides is 3. The van der Waals surface area contributed by atoms with Crippen molar-refractivity contribution in [2.45, 2.75) is 29.8 Å². The molecular weight excluding hydrogens is 654 g/mol. The van der Waals surface area contributed by atoms with E-state index >= 15 is 0 Å². The van der Waals surface area contributed by atoms with Gasteiger partial charge in [0.05, 0.1) is 0 Å². The van der Waals surface area contributed by atoms with Crippen molar-refractivity contribution >= 4 is 33.9 Å². The third kappa shape index (κ3) is 6.28. The number of nitro groups is 2. The third-order valence-electron chi connectivity index (χ3n) is 5.59. The number of fused-ring (bicyclic) bond motifs is 1. The van der Waals surface area contributed by atoms with Crippen molar-refractivity contribution in [3.63, 3.8) is 0 Å². The van der Waals surface area contributed by atoms with E-state index in [1.165, 1.54) is 12.1 Å². The average molecular weight is 681 g/mol. The molecule has 2 rings (SSSR count). The first-order valence-electron chi connectivity index (χ1n) is 10.2. The van der Waals surface area contributed by atoms with Gasteiger partial charge < -0.3 is 0 Å². The summed E-state index contributed by atoms with van der Waals surface area (Å²) in [6.45, 7) is 3.60. The predicted molar refractivity (Wildman–Crippen MR) is 133 cm³/mol. The summed E-state index contributed by atoms with van der Waals surface area (Å²) in [5.41, 5.74) is 3.69. The molecule has 0 radical (unpaired) electrons. The first-order valence-corrected chi connectivity index (χ1v) is 14.5. The Morgan fingerprint density at radius 3 is 2.64 bits per heavy atom. The van der Waals surface area contributed by atoms with Crippen molar-refractivity contribution in [1.82, 2.24) is 0 Å². The maximum absolute atomic E-state index is 11.6. The van der Waals surface area contributed by atoms with Gasteiger partial charge in [0.25, 0.3) is 0 Å². The Labute approximate surface area is 217 Å². The van der Waals surface area contributed by atoms with Crippen molar-refractivity contribution in [3.8, 4) is 0 Å². The Morgan fingerprint density at radius 1 is 1.33 bits per heavy atom. The van der Waals surface area contributed by atoms with Crippen molar-refractivity contribution in [1.29, 1.82) is 0 Å². The molecule has 1 aliphatic rings. The average Bonchev–Trinajstić information content (AvgIpc) is 3.02. The number of nitrogens with zero attached hydrogens (tertiary/aromatic N) is 2. The van der Waals surface area contributed by atoms with Gasteiger partial charge in [0.2, 0.25) is 0 Å². The van der Waals surface area contributed by atoms with E-state index in [4.69, 9.17) is 4.74 Å². The molecule has 0 aromatic heterocycles. The molecule has 8 nitrogen and oxygen atoms in total. The van der Waals surface area contributed by atoms with E-state index in [1.807, 2.05) is 26.0 Å². The van der Waals surface area contributed by atoms with Gasteiger partial charge in [0, 0.05) is 0 Å². The van der Waals surface area contributed by atoms with Gasteiger partial charge in [-0.15, -0.1) is 0 Å². The number of aliphatic hydroxyl groups excluding tert-OH is 1. The Bertz CT molecular complexity index is 1020. The van der Waals surface area contributed by atoms with Crippen molar-refractivity contribution < 1.29 is 40.9 Å². The summed E-state index contributed by atoms with van der Waals surface area (Å²) < 4.78 is 6.18. The Hall–Kier alpha value is -1.64. The summed E-state index contributed by atoms with van der Waals surface area (Å²) in [7, 11) is 1.64. The minimum absolute atomic E-state index is 0.00850. The van der Waals surface area contributed by atoms with Crippen molar-refractivity contribution in [3.05, 3.63) is 91.1 Å². The van der Waals surface area contributed by atoms with E-state index in [1.54, 1.807) is 25.3 Å². The van der Waals surface area contributed by atoms with Crippen LogP contribution in [0.4, 0.5) is 5.69 Å². The van der Waals surface area contributed by atoms with Gasteiger partial charge in [-0.1, -0.05) is 0 Å². The Morgan fingerprint density at radius 2 is 2.06 bits per heavy atom. The van der Waals surface area contributed by atoms with Crippen LogP contribution in [0.1, 0.15) is 31.4 Å². The first-order chi connectivity index (χ1) is 15.7. The second kappa shape index (κ2) is 12.7. The van der Waals surface area contributed by atoms with Crippen LogP contribution in [-0.2, 0) is 10.2 Å². The molecule has 0 fully saturated rings. The number of ether oxygens (including phenoxy) is 1. The van der Waals surface area contributed by atoms with Gasteiger partial charge in [-0.2, -0.15) is 0 Å². The zero-order chi connectivity index (χ0) is 24.6. The van der Waals surface area contributed by atoms with Crippen molar-refractivity contribution in [2.24, 2.45) is 0 Å². The normalized spacial score (nSPS) is 19.6. The fourth-order valence-corrected chi connectivity index (χ4v) is 6.19. The molecule has 2 atom stereocenters. The molecule has 0 amide bonds. The summed E-state index contributed by atoms with van der Waals surface area (Å²) in [5, 5.41) is 32.0. The maximum atomic E-state index is 11.6. The van der Waals surface area contributed by atoms with Crippen LogP contribution in [0.3, 0.4) is 0 Å². The standard InChI is InChI=1S/C23H27I2N2O6/c1-4-17(14-25-15-28)23(11-5-8-22(24)33-3)16(2)19(7-6-12-26(29)30)20-10-9-18(27(31)32)13-21(20)23/h4-7,9-11,13,22,28H,8,12,14-15H2,1-3H3/q-1/b7-6-,11-5+,17-4+. The van der Waals surface area contributed by atoms with Crippen LogP contribution in [0, 0.1) is 20.2 Å². The van der Waals surface area contributed by atoms with Crippen LogP contribution in [0.5, 0.6) is 0 Å². The molecule has 1 aromatic carbocycles. The number of rotatable bonds is 12. The molecule has 0 spiro atoms. The summed E-state index contributed by atoms with van der Waals surface area (Å²) in [5.74, 6) is 0. The van der Waals surface area contributed by atoms with Crippen molar-refractivity contribution in [2.75, 3.05) is 22.7 Å². The SMILES string of the molecule is C/C=C(\C[I-]CO)C1(/C=C/CC(I)OC)C(C)=C(/C=C\C[N+](=O)[O-])c2ccc([N+](=O)[O-])cc21. The molecule has 0 aliphatic heterocycles. The number of benzene rings is 1. The van der Waals surface area contributed by atoms with E-state index in [0.717, 1.165) is 27.8 Å². The first kappa shape index (κ1) is 27.6. The minimum atomic E-state index is -0.733. The van der Waals surface area contributed by atoms with Gasteiger partial charge in [-0.05, 0) is 0 Å². The quantitative estimate of drug-likeness (QED) is 0.118. The van der Waals surface area contributed by atoms with Gasteiger partial charge in [-0.3, -0.25) is 0 Å². The number of methoxy groups -OCH3 is 1. The van der Waals surface area contributed by atoms with Crippen LogP contribution in [0.15, 0.2) is 59.7 Å². The van der Waals surface area contributed by atoms with Crippen LogP contribution >= 0.6 is 22.6 Å². The fourth-order valence-electron chi connectivity index (χ4n) is 4.03. The molecule has 180 valence electrons. The summed E-state index contributed by atoms with van der Waals surface area (Å²) in [6.07, 6.45) is 10.0. The monoisotopic (exact) mass is 681 g/mol.